The molecule has 94 valence electrons. The highest BCUT2D eigenvalue weighted by atomic mass is 16.5. The van der Waals surface area contributed by atoms with Crippen molar-refractivity contribution in [3.8, 4) is 0 Å². The molecule has 0 spiro atoms. The molecular weight excluding hydrogens is 218 g/mol. The van der Waals surface area contributed by atoms with Crippen LogP contribution < -0.4 is 0 Å². The summed E-state index contributed by atoms with van der Waals surface area (Å²) < 4.78 is 6.57. The lowest BCUT2D eigenvalue weighted by molar-refractivity contribution is -0.144. The van der Waals surface area contributed by atoms with Gasteiger partial charge in [0.05, 0.1) is 7.11 Å². The standard InChI is InChI=1S/C12H19N3O2/c1-11(2,3)8-13-9(15(4)14-8)12(6-7-12)10(16)17-5/h6-7H2,1-5H3. The molecule has 0 saturated heterocycles. The van der Waals surface area contributed by atoms with Gasteiger partial charge >= 0.3 is 5.97 Å². The number of hydrogen-bond acceptors (Lipinski definition) is 4. The monoisotopic (exact) mass is 237 g/mol. The first-order valence-corrected chi connectivity index (χ1v) is 5.82. The summed E-state index contributed by atoms with van der Waals surface area (Å²) in [6.45, 7) is 6.18. The summed E-state index contributed by atoms with van der Waals surface area (Å²) in [4.78, 5) is 16.3. The maximum absolute atomic E-state index is 11.8. The Morgan fingerprint density at radius 2 is 2.00 bits per heavy atom. The van der Waals surface area contributed by atoms with Gasteiger partial charge < -0.3 is 4.74 Å². The van der Waals surface area contributed by atoms with Gasteiger partial charge in [-0.25, -0.2) is 4.98 Å². The number of carbonyl (C=O) groups is 1. The van der Waals surface area contributed by atoms with Gasteiger partial charge in [-0.15, -0.1) is 0 Å². The second-order valence-corrected chi connectivity index (χ2v) is 5.71. The predicted octanol–water partition coefficient (Wildman–Crippen LogP) is 1.32. The molecule has 0 N–H and O–H groups in total. The second kappa shape index (κ2) is 3.55. The topological polar surface area (TPSA) is 57.0 Å². The fourth-order valence-electron chi connectivity index (χ4n) is 1.96. The third-order valence-electron chi connectivity index (χ3n) is 3.19. The van der Waals surface area contributed by atoms with E-state index in [4.69, 9.17) is 4.74 Å². The van der Waals surface area contributed by atoms with Crippen LogP contribution in [0.25, 0.3) is 0 Å². The lowest BCUT2D eigenvalue weighted by atomic mass is 9.96. The minimum Gasteiger partial charge on any atom is -0.468 e. The highest BCUT2D eigenvalue weighted by molar-refractivity contribution is 5.85. The number of hydrogen-bond donors (Lipinski definition) is 0. The third-order valence-corrected chi connectivity index (χ3v) is 3.19. The maximum Gasteiger partial charge on any atom is 0.319 e. The molecule has 1 fully saturated rings. The SMILES string of the molecule is COC(=O)C1(c2nc(C(C)(C)C)nn2C)CC1. The van der Waals surface area contributed by atoms with Crippen LogP contribution in [0.1, 0.15) is 45.3 Å². The van der Waals surface area contributed by atoms with Gasteiger partial charge in [-0.05, 0) is 12.8 Å². The van der Waals surface area contributed by atoms with E-state index in [1.54, 1.807) is 4.68 Å². The molecule has 1 aliphatic carbocycles. The lowest BCUT2D eigenvalue weighted by Crippen LogP contribution is -2.25. The predicted molar refractivity (Wildman–Crippen MR) is 62.6 cm³/mol. The fraction of sp³-hybridized carbons (Fsp3) is 0.750. The normalized spacial score (nSPS) is 17.9. The number of carbonyl (C=O) groups excluding carboxylic acids is 1. The molecule has 1 heterocycles. The van der Waals surface area contributed by atoms with Crippen molar-refractivity contribution in [2.24, 2.45) is 7.05 Å². The zero-order valence-electron chi connectivity index (χ0n) is 11.1. The van der Waals surface area contributed by atoms with E-state index < -0.39 is 5.41 Å². The molecule has 0 radical (unpaired) electrons. The molecule has 0 atom stereocenters. The molecule has 0 aliphatic heterocycles. The number of esters is 1. The van der Waals surface area contributed by atoms with Crippen LogP contribution >= 0.6 is 0 Å². The van der Waals surface area contributed by atoms with E-state index in [1.165, 1.54) is 7.11 Å². The van der Waals surface area contributed by atoms with Gasteiger partial charge in [-0.2, -0.15) is 5.10 Å². The number of aryl methyl sites for hydroxylation is 1. The van der Waals surface area contributed by atoms with E-state index in [9.17, 15) is 4.79 Å². The zero-order valence-corrected chi connectivity index (χ0v) is 11.1. The Morgan fingerprint density at radius 1 is 1.41 bits per heavy atom. The zero-order chi connectivity index (χ0) is 12.8. The average molecular weight is 237 g/mol. The highest BCUT2D eigenvalue weighted by Gasteiger charge is 2.56. The first-order valence-electron chi connectivity index (χ1n) is 5.82. The Labute approximate surface area is 101 Å². The Morgan fingerprint density at radius 3 is 2.35 bits per heavy atom. The number of ether oxygens (including phenoxy) is 1. The van der Waals surface area contributed by atoms with E-state index >= 15 is 0 Å². The quantitative estimate of drug-likeness (QED) is 0.728. The highest BCUT2D eigenvalue weighted by Crippen LogP contribution is 2.48. The number of rotatable bonds is 2. The second-order valence-electron chi connectivity index (χ2n) is 5.71. The first kappa shape index (κ1) is 12.1. The molecular formula is C12H19N3O2. The molecule has 0 aromatic carbocycles. The van der Waals surface area contributed by atoms with Gasteiger partial charge in [0.1, 0.15) is 11.2 Å². The molecule has 1 aromatic rings. The molecule has 2 rings (SSSR count). The van der Waals surface area contributed by atoms with Gasteiger partial charge in [0.15, 0.2) is 5.82 Å². The van der Waals surface area contributed by atoms with E-state index in [0.717, 1.165) is 24.5 Å². The molecule has 5 heteroatoms. The molecule has 0 bridgehead atoms. The molecule has 1 saturated carbocycles. The Bertz CT molecular complexity index is 453. The van der Waals surface area contributed by atoms with Gasteiger partial charge in [0.25, 0.3) is 0 Å². The van der Waals surface area contributed by atoms with Crippen molar-refractivity contribution in [1.29, 1.82) is 0 Å². The molecule has 0 amide bonds. The van der Waals surface area contributed by atoms with Crippen molar-refractivity contribution in [2.45, 2.75) is 44.4 Å². The summed E-state index contributed by atoms with van der Waals surface area (Å²) >= 11 is 0. The van der Waals surface area contributed by atoms with Crippen molar-refractivity contribution >= 4 is 5.97 Å². The van der Waals surface area contributed by atoms with E-state index in [-0.39, 0.29) is 11.4 Å². The smallest absolute Gasteiger partial charge is 0.319 e. The lowest BCUT2D eigenvalue weighted by Gasteiger charge is -2.12. The Hall–Kier alpha value is -1.39. The summed E-state index contributed by atoms with van der Waals surface area (Å²) in [7, 11) is 3.25. The van der Waals surface area contributed by atoms with Gasteiger partial charge in [-0.3, -0.25) is 9.48 Å². The van der Waals surface area contributed by atoms with Crippen LogP contribution in [0.15, 0.2) is 0 Å². The van der Waals surface area contributed by atoms with Crippen LogP contribution in [0.3, 0.4) is 0 Å². The Balaban J connectivity index is 2.41. The van der Waals surface area contributed by atoms with Crippen molar-refractivity contribution in [3.05, 3.63) is 11.6 Å². The van der Waals surface area contributed by atoms with E-state index in [1.807, 2.05) is 7.05 Å². The average Bonchev–Trinajstić information content (AvgIpc) is 2.94. The number of methoxy groups -OCH3 is 1. The summed E-state index contributed by atoms with van der Waals surface area (Å²) in [5, 5.41) is 4.40. The summed E-state index contributed by atoms with van der Waals surface area (Å²) in [6, 6.07) is 0. The largest absolute Gasteiger partial charge is 0.468 e. The van der Waals surface area contributed by atoms with Crippen molar-refractivity contribution < 1.29 is 9.53 Å². The van der Waals surface area contributed by atoms with Crippen LogP contribution in [0.4, 0.5) is 0 Å². The Kier molecular flexibility index (Phi) is 2.52. The van der Waals surface area contributed by atoms with Crippen molar-refractivity contribution in [2.75, 3.05) is 7.11 Å². The molecule has 0 unspecified atom stereocenters. The van der Waals surface area contributed by atoms with Crippen LogP contribution in [-0.4, -0.2) is 27.8 Å². The third kappa shape index (κ3) is 1.83. The molecule has 1 aromatic heterocycles. The van der Waals surface area contributed by atoms with Gasteiger partial charge in [0.2, 0.25) is 0 Å². The summed E-state index contributed by atoms with van der Waals surface area (Å²) in [6.07, 6.45) is 1.60. The minimum atomic E-state index is -0.542. The van der Waals surface area contributed by atoms with Crippen LogP contribution in [-0.2, 0) is 27.4 Å². The minimum absolute atomic E-state index is 0.109. The summed E-state index contributed by atoms with van der Waals surface area (Å²) in [5.74, 6) is 1.30. The van der Waals surface area contributed by atoms with Crippen LogP contribution in [0, 0.1) is 0 Å². The van der Waals surface area contributed by atoms with Crippen LogP contribution in [0.2, 0.25) is 0 Å². The molecule has 17 heavy (non-hydrogen) atoms. The number of aromatic nitrogens is 3. The van der Waals surface area contributed by atoms with E-state index in [2.05, 4.69) is 30.9 Å². The fourth-order valence-corrected chi connectivity index (χ4v) is 1.96. The molecule has 5 nitrogen and oxygen atoms in total. The van der Waals surface area contributed by atoms with Crippen LogP contribution in [0.5, 0.6) is 0 Å². The maximum atomic E-state index is 11.8. The first-order chi connectivity index (χ1) is 7.81. The van der Waals surface area contributed by atoms with Gasteiger partial charge in [0, 0.05) is 12.5 Å². The number of nitrogens with zero attached hydrogens (tertiary/aromatic N) is 3. The summed E-state index contributed by atoms with van der Waals surface area (Å²) in [5.41, 5.74) is -0.651. The van der Waals surface area contributed by atoms with Gasteiger partial charge in [-0.1, -0.05) is 20.8 Å². The van der Waals surface area contributed by atoms with E-state index in [0.29, 0.717) is 0 Å². The molecule has 1 aliphatic rings. The van der Waals surface area contributed by atoms with Crippen molar-refractivity contribution in [3.63, 3.8) is 0 Å². The van der Waals surface area contributed by atoms with Crippen molar-refractivity contribution in [1.82, 2.24) is 14.8 Å².